The van der Waals surface area contributed by atoms with Gasteiger partial charge < -0.3 is 14.2 Å². The van der Waals surface area contributed by atoms with E-state index in [0.717, 1.165) is 12.1 Å². The van der Waals surface area contributed by atoms with E-state index in [4.69, 9.17) is 8.83 Å². The van der Waals surface area contributed by atoms with Crippen molar-refractivity contribution in [2.24, 2.45) is 0 Å². The second kappa shape index (κ2) is 7.08. The van der Waals surface area contributed by atoms with Crippen molar-refractivity contribution in [3.8, 4) is 11.3 Å². The van der Waals surface area contributed by atoms with Crippen molar-refractivity contribution >= 4 is 5.91 Å². The zero-order valence-corrected chi connectivity index (χ0v) is 12.6. The van der Waals surface area contributed by atoms with Crippen LogP contribution in [0.3, 0.4) is 0 Å². The van der Waals surface area contributed by atoms with Gasteiger partial charge in [0.05, 0.1) is 24.6 Å². The Morgan fingerprint density at radius 2 is 1.96 bits per heavy atom. The number of amides is 1. The molecule has 0 unspecified atom stereocenters. The van der Waals surface area contributed by atoms with Crippen LogP contribution in [-0.2, 0) is 17.8 Å². The summed E-state index contributed by atoms with van der Waals surface area (Å²) in [6.07, 6.45) is 3.13. The Balaban J connectivity index is 1.57. The minimum atomic E-state index is -0.728. The van der Waals surface area contributed by atoms with Gasteiger partial charge in [0.25, 0.3) is 0 Å². The van der Waals surface area contributed by atoms with Gasteiger partial charge in [-0.1, -0.05) is 6.07 Å². The van der Waals surface area contributed by atoms with Crippen LogP contribution in [0.2, 0.25) is 0 Å². The molecule has 0 radical (unpaired) electrons. The van der Waals surface area contributed by atoms with Crippen molar-refractivity contribution in [3.05, 3.63) is 66.1 Å². The maximum atomic E-state index is 13.7. The molecule has 0 spiro atoms. The van der Waals surface area contributed by atoms with Crippen LogP contribution in [0.15, 0.2) is 51.6 Å². The molecule has 1 N–H and O–H groups in total. The topological polar surface area (TPSA) is 68.3 Å². The van der Waals surface area contributed by atoms with E-state index in [0.29, 0.717) is 12.3 Å². The summed E-state index contributed by atoms with van der Waals surface area (Å²) in [7, 11) is 0. The maximum Gasteiger partial charge on any atom is 0.220 e. The van der Waals surface area contributed by atoms with Crippen LogP contribution in [0.5, 0.6) is 0 Å². The molecule has 0 aliphatic rings. The first kappa shape index (κ1) is 15.9. The Bertz CT molecular complexity index is 808. The summed E-state index contributed by atoms with van der Waals surface area (Å²) in [5.41, 5.74) is -0.265. The minimum Gasteiger partial charge on any atom is -0.467 e. The maximum absolute atomic E-state index is 13.7. The predicted molar refractivity (Wildman–Crippen MR) is 80.7 cm³/mol. The molecule has 0 saturated heterocycles. The number of hydrogen-bond acceptors (Lipinski definition) is 4. The third-order valence-electron chi connectivity index (χ3n) is 3.37. The number of rotatable bonds is 6. The van der Waals surface area contributed by atoms with Crippen LogP contribution in [0.4, 0.5) is 8.78 Å². The van der Waals surface area contributed by atoms with Gasteiger partial charge in [-0.2, -0.15) is 0 Å². The number of aromatic nitrogens is 1. The highest BCUT2D eigenvalue weighted by Crippen LogP contribution is 2.26. The van der Waals surface area contributed by atoms with Gasteiger partial charge in [0, 0.05) is 12.8 Å². The van der Waals surface area contributed by atoms with Crippen LogP contribution in [0.25, 0.3) is 11.3 Å². The second-order valence-corrected chi connectivity index (χ2v) is 5.07. The Labute approximate surface area is 136 Å². The summed E-state index contributed by atoms with van der Waals surface area (Å²) in [6, 6.07) is 7.04. The van der Waals surface area contributed by atoms with Crippen LogP contribution in [0.1, 0.15) is 18.1 Å². The molecule has 7 heteroatoms. The lowest BCUT2D eigenvalue weighted by Crippen LogP contribution is -2.22. The van der Waals surface area contributed by atoms with Gasteiger partial charge in [0.15, 0.2) is 11.7 Å². The van der Waals surface area contributed by atoms with Gasteiger partial charge in [-0.15, -0.1) is 0 Å². The molecule has 2 aromatic heterocycles. The van der Waals surface area contributed by atoms with E-state index in [2.05, 4.69) is 10.3 Å². The van der Waals surface area contributed by atoms with Gasteiger partial charge in [0.2, 0.25) is 5.91 Å². The molecule has 1 aromatic carbocycles. The number of aryl methyl sites for hydroxylation is 1. The first-order valence-electron chi connectivity index (χ1n) is 7.31. The highest BCUT2D eigenvalue weighted by Gasteiger charge is 2.16. The number of halogens is 2. The van der Waals surface area contributed by atoms with Crippen LogP contribution in [-0.4, -0.2) is 10.9 Å². The van der Waals surface area contributed by atoms with Crippen LogP contribution >= 0.6 is 0 Å². The standard InChI is InChI=1S/C17H14F2N2O3/c18-12-4-1-5-13(19)17(12)14-10-21-16(24-14)7-6-15(22)20-9-11-3-2-8-23-11/h1-5,8,10H,6-7,9H2,(H,20,22). The molecular weight excluding hydrogens is 318 g/mol. The van der Waals surface area contributed by atoms with Crippen LogP contribution in [0, 0.1) is 11.6 Å². The summed E-state index contributed by atoms with van der Waals surface area (Å²) in [6.45, 7) is 0.295. The number of benzene rings is 1. The molecule has 5 nitrogen and oxygen atoms in total. The quantitative estimate of drug-likeness (QED) is 0.750. The smallest absolute Gasteiger partial charge is 0.220 e. The number of furan rings is 1. The summed E-state index contributed by atoms with van der Waals surface area (Å²) < 4.78 is 37.8. The number of nitrogens with one attached hydrogen (secondary N) is 1. The molecule has 24 heavy (non-hydrogen) atoms. The third-order valence-corrected chi connectivity index (χ3v) is 3.37. The van der Waals surface area contributed by atoms with Crippen molar-refractivity contribution in [2.45, 2.75) is 19.4 Å². The summed E-state index contributed by atoms with van der Waals surface area (Å²) in [5.74, 6) is -0.778. The monoisotopic (exact) mass is 332 g/mol. The molecule has 0 fully saturated rings. The highest BCUT2D eigenvalue weighted by molar-refractivity contribution is 5.75. The predicted octanol–water partition coefficient (Wildman–Crippen LogP) is 3.46. The molecule has 0 saturated carbocycles. The second-order valence-electron chi connectivity index (χ2n) is 5.07. The zero-order chi connectivity index (χ0) is 16.9. The summed E-state index contributed by atoms with van der Waals surface area (Å²) in [4.78, 5) is 15.7. The van der Waals surface area contributed by atoms with E-state index in [1.807, 2.05) is 0 Å². The number of carbonyl (C=O) groups is 1. The summed E-state index contributed by atoms with van der Waals surface area (Å²) >= 11 is 0. The number of oxazole rings is 1. The van der Waals surface area contributed by atoms with Gasteiger partial charge in [-0.25, -0.2) is 13.8 Å². The lowest BCUT2D eigenvalue weighted by atomic mass is 10.1. The van der Waals surface area contributed by atoms with E-state index in [1.54, 1.807) is 12.1 Å². The average Bonchev–Trinajstić information content (AvgIpc) is 3.23. The molecule has 0 aliphatic carbocycles. The van der Waals surface area contributed by atoms with Gasteiger partial charge in [0.1, 0.15) is 17.4 Å². The largest absolute Gasteiger partial charge is 0.467 e. The van der Waals surface area contributed by atoms with E-state index in [9.17, 15) is 13.6 Å². The number of nitrogens with zero attached hydrogens (tertiary/aromatic N) is 1. The zero-order valence-electron chi connectivity index (χ0n) is 12.6. The van der Waals surface area contributed by atoms with Crippen molar-refractivity contribution in [3.63, 3.8) is 0 Å². The van der Waals surface area contributed by atoms with Gasteiger partial charge in [-0.3, -0.25) is 4.79 Å². The Morgan fingerprint density at radius 1 is 1.17 bits per heavy atom. The van der Waals surface area contributed by atoms with Crippen molar-refractivity contribution in [2.75, 3.05) is 0 Å². The fourth-order valence-corrected chi connectivity index (χ4v) is 2.18. The van der Waals surface area contributed by atoms with Gasteiger partial charge >= 0.3 is 0 Å². The van der Waals surface area contributed by atoms with Crippen molar-refractivity contribution in [1.82, 2.24) is 10.3 Å². The minimum absolute atomic E-state index is 0.00315. The Morgan fingerprint density at radius 3 is 2.67 bits per heavy atom. The van der Waals surface area contributed by atoms with Crippen LogP contribution < -0.4 is 5.32 Å². The fourth-order valence-electron chi connectivity index (χ4n) is 2.18. The highest BCUT2D eigenvalue weighted by atomic mass is 19.1. The molecule has 3 aromatic rings. The molecule has 124 valence electrons. The fraction of sp³-hybridized carbons (Fsp3) is 0.176. The molecular formula is C17H14F2N2O3. The first-order valence-corrected chi connectivity index (χ1v) is 7.31. The molecule has 2 heterocycles. The Hall–Kier alpha value is -2.96. The van der Waals surface area contributed by atoms with E-state index in [-0.39, 0.29) is 36.0 Å². The molecule has 0 bridgehead atoms. The molecule has 0 aliphatic heterocycles. The van der Waals surface area contributed by atoms with Gasteiger partial charge in [-0.05, 0) is 24.3 Å². The Kier molecular flexibility index (Phi) is 4.69. The molecule has 0 atom stereocenters. The van der Waals surface area contributed by atoms with E-state index < -0.39 is 11.6 Å². The third kappa shape index (κ3) is 3.68. The van der Waals surface area contributed by atoms with E-state index >= 15 is 0 Å². The SMILES string of the molecule is O=C(CCc1ncc(-c2c(F)cccc2F)o1)NCc1ccco1. The average molecular weight is 332 g/mol. The summed E-state index contributed by atoms with van der Waals surface area (Å²) in [5, 5.41) is 2.69. The van der Waals surface area contributed by atoms with Crippen molar-refractivity contribution < 1.29 is 22.4 Å². The number of carbonyl (C=O) groups excluding carboxylic acids is 1. The molecule has 1 amide bonds. The lowest BCUT2D eigenvalue weighted by molar-refractivity contribution is -0.121. The number of hydrogen-bond donors (Lipinski definition) is 1. The first-order chi connectivity index (χ1) is 11.6. The molecule has 3 rings (SSSR count). The normalized spacial score (nSPS) is 10.8. The lowest BCUT2D eigenvalue weighted by Gasteiger charge is -2.02. The van der Waals surface area contributed by atoms with Crippen molar-refractivity contribution in [1.29, 1.82) is 0 Å². The van der Waals surface area contributed by atoms with E-state index in [1.165, 1.54) is 18.5 Å².